The van der Waals surface area contributed by atoms with Crippen molar-refractivity contribution in [3.05, 3.63) is 24.3 Å². The fourth-order valence-corrected chi connectivity index (χ4v) is 3.91. The van der Waals surface area contributed by atoms with Crippen molar-refractivity contribution in [1.82, 2.24) is 0 Å². The van der Waals surface area contributed by atoms with Gasteiger partial charge in [-0.25, -0.2) is 0 Å². The number of rotatable bonds is 24. The monoisotopic (exact) mass is 561 g/mol. The Morgan fingerprint density at radius 2 is 1.47 bits per heavy atom. The van der Waals surface area contributed by atoms with Gasteiger partial charge in [0, 0.05) is 12.8 Å². The Balaban J connectivity index is 4.23. The highest BCUT2D eigenvalue weighted by atomic mass is 31.2. The first-order valence-corrected chi connectivity index (χ1v) is 15.5. The molecule has 0 aromatic carbocycles. The zero-order chi connectivity index (χ0) is 28.7. The molecule has 0 aliphatic rings. The molecule has 0 aromatic rings. The van der Waals surface area contributed by atoms with E-state index in [2.05, 4.69) is 31.2 Å². The number of carbonyl (C=O) groups is 2. The number of esters is 2. The summed E-state index contributed by atoms with van der Waals surface area (Å²) >= 11 is 0. The SMILES string of the molecule is CCCC/C=C\C/C=C\CCCCCCCC(=O)OC(COC(=O)CC)COP(=O)([O-])OCC[N+](C)(C)C. The van der Waals surface area contributed by atoms with Gasteiger partial charge < -0.3 is 27.9 Å². The number of nitrogens with zero attached hydrogens (tertiary/aromatic N) is 1. The molecular weight excluding hydrogens is 509 g/mol. The van der Waals surface area contributed by atoms with E-state index < -0.39 is 32.5 Å². The zero-order valence-electron chi connectivity index (χ0n) is 24.4. The van der Waals surface area contributed by atoms with E-state index in [0.717, 1.165) is 44.9 Å². The molecule has 222 valence electrons. The van der Waals surface area contributed by atoms with Gasteiger partial charge in [-0.3, -0.25) is 14.2 Å². The number of quaternary nitrogens is 1. The summed E-state index contributed by atoms with van der Waals surface area (Å²) < 4.78 is 32.7. The van der Waals surface area contributed by atoms with Gasteiger partial charge in [0.15, 0.2) is 6.10 Å². The van der Waals surface area contributed by atoms with E-state index in [0.29, 0.717) is 17.4 Å². The van der Waals surface area contributed by atoms with Gasteiger partial charge in [-0.2, -0.15) is 0 Å². The summed E-state index contributed by atoms with van der Waals surface area (Å²) in [5, 5.41) is 0. The highest BCUT2D eigenvalue weighted by Gasteiger charge is 2.21. The van der Waals surface area contributed by atoms with Crippen molar-refractivity contribution in [1.29, 1.82) is 0 Å². The van der Waals surface area contributed by atoms with Crippen molar-refractivity contribution in [2.75, 3.05) is 47.5 Å². The summed E-state index contributed by atoms with van der Waals surface area (Å²) in [7, 11) is 1.14. The quantitative estimate of drug-likeness (QED) is 0.0501. The number of unbranched alkanes of at least 4 members (excludes halogenated alkanes) is 7. The van der Waals surface area contributed by atoms with Gasteiger partial charge in [0.2, 0.25) is 0 Å². The zero-order valence-corrected chi connectivity index (χ0v) is 25.3. The summed E-state index contributed by atoms with van der Waals surface area (Å²) in [5.41, 5.74) is 0. The van der Waals surface area contributed by atoms with Gasteiger partial charge in [0.25, 0.3) is 7.82 Å². The lowest BCUT2D eigenvalue weighted by atomic mass is 10.1. The average molecular weight is 562 g/mol. The first kappa shape index (κ1) is 36.5. The molecule has 0 spiro atoms. The molecule has 0 saturated heterocycles. The van der Waals surface area contributed by atoms with Gasteiger partial charge in [-0.15, -0.1) is 0 Å². The van der Waals surface area contributed by atoms with Crippen LogP contribution in [0.3, 0.4) is 0 Å². The number of hydrogen-bond acceptors (Lipinski definition) is 8. The maximum Gasteiger partial charge on any atom is 0.306 e. The molecule has 2 atom stereocenters. The molecule has 0 N–H and O–H groups in total. The minimum atomic E-state index is -4.58. The average Bonchev–Trinajstić information content (AvgIpc) is 2.84. The Morgan fingerprint density at radius 3 is 2.11 bits per heavy atom. The molecule has 9 nitrogen and oxygen atoms in total. The van der Waals surface area contributed by atoms with Gasteiger partial charge in [0.05, 0.1) is 27.7 Å². The first-order valence-electron chi connectivity index (χ1n) is 14.0. The van der Waals surface area contributed by atoms with E-state index in [4.69, 9.17) is 18.5 Å². The summed E-state index contributed by atoms with van der Waals surface area (Å²) in [4.78, 5) is 35.8. The number of hydrogen-bond donors (Lipinski definition) is 0. The Labute approximate surface area is 230 Å². The van der Waals surface area contributed by atoms with Crippen molar-refractivity contribution < 1.29 is 42.1 Å². The highest BCUT2D eigenvalue weighted by molar-refractivity contribution is 7.45. The van der Waals surface area contributed by atoms with Crippen molar-refractivity contribution in [2.45, 2.75) is 97.0 Å². The van der Waals surface area contributed by atoms with Crippen LogP contribution in [0.25, 0.3) is 0 Å². The third-order valence-corrected chi connectivity index (χ3v) is 6.49. The molecule has 0 amide bonds. The molecule has 0 bridgehead atoms. The second kappa shape index (κ2) is 22.3. The van der Waals surface area contributed by atoms with Crippen LogP contribution in [0.2, 0.25) is 0 Å². The van der Waals surface area contributed by atoms with Crippen LogP contribution in [0.5, 0.6) is 0 Å². The smallest absolute Gasteiger partial charge is 0.306 e. The van der Waals surface area contributed by atoms with Crippen LogP contribution < -0.4 is 4.89 Å². The van der Waals surface area contributed by atoms with Crippen molar-refractivity contribution in [3.8, 4) is 0 Å². The molecule has 0 fully saturated rings. The van der Waals surface area contributed by atoms with Crippen LogP contribution in [0.15, 0.2) is 24.3 Å². The molecule has 0 heterocycles. The molecule has 0 radical (unpaired) electrons. The summed E-state index contributed by atoms with van der Waals surface area (Å²) in [6.07, 6.45) is 18.7. The van der Waals surface area contributed by atoms with Crippen LogP contribution in [0.4, 0.5) is 0 Å². The maximum atomic E-state index is 12.3. The number of phosphoric ester groups is 1. The fourth-order valence-electron chi connectivity index (χ4n) is 3.18. The van der Waals surface area contributed by atoms with Crippen LogP contribution in [0.1, 0.15) is 90.9 Å². The highest BCUT2D eigenvalue weighted by Crippen LogP contribution is 2.38. The Hall–Kier alpha value is -1.51. The third kappa shape index (κ3) is 24.8. The Morgan fingerprint density at radius 1 is 0.842 bits per heavy atom. The van der Waals surface area contributed by atoms with Crippen LogP contribution in [-0.2, 0) is 32.7 Å². The van der Waals surface area contributed by atoms with Crippen LogP contribution in [-0.4, -0.2) is 70.0 Å². The molecule has 0 aliphatic heterocycles. The summed E-state index contributed by atoms with van der Waals surface area (Å²) in [6.45, 7) is 3.51. The van der Waals surface area contributed by atoms with E-state index in [-0.39, 0.29) is 26.1 Å². The van der Waals surface area contributed by atoms with Crippen LogP contribution in [0, 0.1) is 0 Å². The number of carbonyl (C=O) groups excluding carboxylic acids is 2. The predicted octanol–water partition coefficient (Wildman–Crippen LogP) is 5.48. The Kier molecular flexibility index (Phi) is 21.4. The number of likely N-dealkylation sites (N-methyl/N-ethyl adjacent to an activating group) is 1. The lowest BCUT2D eigenvalue weighted by Crippen LogP contribution is -2.37. The van der Waals surface area contributed by atoms with Crippen molar-refractivity contribution in [3.63, 3.8) is 0 Å². The van der Waals surface area contributed by atoms with E-state index in [1.54, 1.807) is 6.92 Å². The van der Waals surface area contributed by atoms with Gasteiger partial charge in [0.1, 0.15) is 19.8 Å². The topological polar surface area (TPSA) is 111 Å². The second-order valence-electron chi connectivity index (χ2n) is 10.4. The maximum absolute atomic E-state index is 12.3. The number of allylic oxidation sites excluding steroid dienone is 4. The molecule has 38 heavy (non-hydrogen) atoms. The number of phosphoric acid groups is 1. The van der Waals surface area contributed by atoms with E-state index in [1.807, 2.05) is 21.1 Å². The largest absolute Gasteiger partial charge is 0.756 e. The number of ether oxygens (including phenoxy) is 2. The molecular formula is C28H52NO8P. The third-order valence-electron chi connectivity index (χ3n) is 5.53. The summed E-state index contributed by atoms with van der Waals surface area (Å²) in [6, 6.07) is 0. The molecule has 2 unspecified atom stereocenters. The van der Waals surface area contributed by atoms with Gasteiger partial charge >= 0.3 is 11.9 Å². The molecule has 0 saturated carbocycles. The Bertz CT molecular complexity index is 733. The minimum absolute atomic E-state index is 0.0354. The van der Waals surface area contributed by atoms with E-state index in [9.17, 15) is 19.0 Å². The van der Waals surface area contributed by atoms with Crippen molar-refractivity contribution >= 4 is 19.8 Å². The van der Waals surface area contributed by atoms with Crippen LogP contribution >= 0.6 is 7.82 Å². The lowest BCUT2D eigenvalue weighted by molar-refractivity contribution is -0.870. The first-order chi connectivity index (χ1) is 18.0. The minimum Gasteiger partial charge on any atom is -0.756 e. The standard InChI is InChI=1S/C28H52NO8P/c1-6-8-9-10-11-12-13-14-15-16-17-18-19-20-21-28(31)37-26(24-34-27(30)7-2)25-36-38(32,33)35-23-22-29(3,4)5/h10-11,13-14,26H,6-9,12,15-25H2,1-5H3/b11-10-,14-13-. The lowest BCUT2D eigenvalue weighted by Gasteiger charge is -2.28. The molecule has 0 rings (SSSR count). The predicted molar refractivity (Wildman–Crippen MR) is 148 cm³/mol. The van der Waals surface area contributed by atoms with E-state index in [1.165, 1.54) is 12.8 Å². The van der Waals surface area contributed by atoms with Gasteiger partial charge in [-0.1, -0.05) is 70.3 Å². The molecule has 0 aromatic heterocycles. The van der Waals surface area contributed by atoms with Crippen molar-refractivity contribution in [2.24, 2.45) is 0 Å². The van der Waals surface area contributed by atoms with E-state index >= 15 is 0 Å². The fraction of sp³-hybridized carbons (Fsp3) is 0.786. The van der Waals surface area contributed by atoms with Gasteiger partial charge in [-0.05, 0) is 32.1 Å². The summed E-state index contributed by atoms with van der Waals surface area (Å²) in [5.74, 6) is -0.957. The molecule has 10 heteroatoms. The normalized spacial score (nSPS) is 14.6. The molecule has 0 aliphatic carbocycles. The second-order valence-corrected chi connectivity index (χ2v) is 11.8.